The van der Waals surface area contributed by atoms with Gasteiger partial charge < -0.3 is 5.32 Å². The second-order valence-corrected chi connectivity index (χ2v) is 7.48. The fourth-order valence-electron chi connectivity index (χ4n) is 2.35. The van der Waals surface area contributed by atoms with E-state index in [4.69, 9.17) is 0 Å². The number of sulfone groups is 1. The van der Waals surface area contributed by atoms with Gasteiger partial charge in [-0.05, 0) is 31.5 Å². The molecule has 1 aliphatic heterocycles. The predicted octanol–water partition coefficient (Wildman–Crippen LogP) is 2.54. The molecular formula is C13H16F3NO2S. The Morgan fingerprint density at radius 1 is 1.25 bits per heavy atom. The van der Waals surface area contributed by atoms with Crippen molar-refractivity contribution in [2.45, 2.75) is 30.8 Å². The topological polar surface area (TPSA) is 46.2 Å². The van der Waals surface area contributed by atoms with Crippen LogP contribution in [0.15, 0.2) is 24.3 Å². The van der Waals surface area contributed by atoms with E-state index in [0.29, 0.717) is 13.0 Å². The molecule has 7 heteroatoms. The summed E-state index contributed by atoms with van der Waals surface area (Å²) in [6, 6.07) is 4.31. The normalized spacial score (nSPS) is 27.0. The van der Waals surface area contributed by atoms with Gasteiger partial charge in [-0.2, -0.15) is 13.2 Å². The number of rotatable bonds is 1. The van der Waals surface area contributed by atoms with Crippen molar-refractivity contribution in [3.05, 3.63) is 35.4 Å². The lowest BCUT2D eigenvalue weighted by Gasteiger charge is -2.21. The maximum absolute atomic E-state index is 13.0. The number of hydrogen-bond acceptors (Lipinski definition) is 3. The van der Waals surface area contributed by atoms with E-state index in [-0.39, 0.29) is 11.3 Å². The Morgan fingerprint density at radius 3 is 2.55 bits per heavy atom. The molecule has 0 bridgehead atoms. The van der Waals surface area contributed by atoms with Gasteiger partial charge in [-0.3, -0.25) is 0 Å². The van der Waals surface area contributed by atoms with Crippen LogP contribution in [0.1, 0.15) is 30.5 Å². The minimum Gasteiger partial charge on any atom is -0.309 e. The van der Waals surface area contributed by atoms with E-state index in [0.717, 1.165) is 6.07 Å². The Kier molecular flexibility index (Phi) is 4.11. The van der Waals surface area contributed by atoms with Crippen LogP contribution in [-0.2, 0) is 16.0 Å². The van der Waals surface area contributed by atoms with Crippen LogP contribution in [0.2, 0.25) is 0 Å². The van der Waals surface area contributed by atoms with E-state index in [1.807, 2.05) is 0 Å². The van der Waals surface area contributed by atoms with Crippen molar-refractivity contribution in [2.24, 2.45) is 0 Å². The van der Waals surface area contributed by atoms with Gasteiger partial charge in [0.15, 0.2) is 9.84 Å². The summed E-state index contributed by atoms with van der Waals surface area (Å²) in [4.78, 5) is 0. The van der Waals surface area contributed by atoms with Gasteiger partial charge in [-0.25, -0.2) is 8.42 Å². The SMILES string of the molecule is CC1CCNC(c2ccccc2C(F)(F)F)CS1(=O)=O. The molecule has 0 saturated carbocycles. The minimum atomic E-state index is -4.49. The number of hydrogen-bond donors (Lipinski definition) is 1. The average molecular weight is 307 g/mol. The zero-order valence-corrected chi connectivity index (χ0v) is 11.8. The highest BCUT2D eigenvalue weighted by Crippen LogP contribution is 2.35. The molecule has 0 aromatic heterocycles. The van der Waals surface area contributed by atoms with Gasteiger partial charge in [-0.1, -0.05) is 18.2 Å². The van der Waals surface area contributed by atoms with Crippen molar-refractivity contribution in [1.29, 1.82) is 0 Å². The molecule has 1 heterocycles. The summed E-state index contributed by atoms with van der Waals surface area (Å²) < 4.78 is 63.0. The summed E-state index contributed by atoms with van der Waals surface area (Å²) in [6.45, 7) is 1.98. The molecule has 0 radical (unpaired) electrons. The van der Waals surface area contributed by atoms with E-state index in [1.54, 1.807) is 6.92 Å². The zero-order chi connectivity index (χ0) is 15.0. The Morgan fingerprint density at radius 2 is 1.90 bits per heavy atom. The van der Waals surface area contributed by atoms with Gasteiger partial charge in [0.05, 0.1) is 16.6 Å². The van der Waals surface area contributed by atoms with Crippen molar-refractivity contribution >= 4 is 9.84 Å². The number of benzene rings is 1. The molecule has 1 aromatic carbocycles. The van der Waals surface area contributed by atoms with Crippen LogP contribution in [-0.4, -0.2) is 26.0 Å². The first kappa shape index (κ1) is 15.3. The molecule has 1 aromatic rings. The largest absolute Gasteiger partial charge is 0.416 e. The highest BCUT2D eigenvalue weighted by molar-refractivity contribution is 7.92. The Hall–Kier alpha value is -1.08. The van der Waals surface area contributed by atoms with Crippen molar-refractivity contribution in [3.8, 4) is 0 Å². The third-order valence-electron chi connectivity index (χ3n) is 3.60. The van der Waals surface area contributed by atoms with E-state index in [1.165, 1.54) is 18.2 Å². The molecule has 2 atom stereocenters. The maximum Gasteiger partial charge on any atom is 0.416 e. The fourth-order valence-corrected chi connectivity index (χ4v) is 3.92. The van der Waals surface area contributed by atoms with Crippen molar-refractivity contribution in [3.63, 3.8) is 0 Å². The monoisotopic (exact) mass is 307 g/mol. The van der Waals surface area contributed by atoms with Crippen molar-refractivity contribution < 1.29 is 21.6 Å². The Labute approximate surface area is 116 Å². The molecule has 0 amide bonds. The van der Waals surface area contributed by atoms with Gasteiger partial charge in [-0.15, -0.1) is 0 Å². The zero-order valence-electron chi connectivity index (χ0n) is 10.9. The van der Waals surface area contributed by atoms with Crippen LogP contribution in [0, 0.1) is 0 Å². The summed E-state index contributed by atoms with van der Waals surface area (Å²) in [5.41, 5.74) is -0.778. The van der Waals surface area contributed by atoms with E-state index < -0.39 is 32.9 Å². The van der Waals surface area contributed by atoms with Crippen LogP contribution in [0.3, 0.4) is 0 Å². The van der Waals surface area contributed by atoms with Crippen LogP contribution in [0.4, 0.5) is 13.2 Å². The second kappa shape index (κ2) is 5.37. The summed E-state index contributed by atoms with van der Waals surface area (Å²) in [5.74, 6) is -0.304. The van der Waals surface area contributed by atoms with E-state index >= 15 is 0 Å². The van der Waals surface area contributed by atoms with Crippen LogP contribution < -0.4 is 5.32 Å². The first-order valence-electron chi connectivity index (χ1n) is 6.33. The molecule has 1 aliphatic rings. The third-order valence-corrected chi connectivity index (χ3v) is 5.85. The molecular weight excluding hydrogens is 291 g/mol. The summed E-state index contributed by atoms with van der Waals surface area (Å²) in [5, 5.41) is 2.39. The molecule has 0 aliphatic carbocycles. The van der Waals surface area contributed by atoms with Crippen molar-refractivity contribution in [1.82, 2.24) is 5.32 Å². The van der Waals surface area contributed by atoms with Crippen LogP contribution >= 0.6 is 0 Å². The molecule has 0 spiro atoms. The maximum atomic E-state index is 13.0. The highest BCUT2D eigenvalue weighted by atomic mass is 32.2. The molecule has 1 N–H and O–H groups in total. The van der Waals surface area contributed by atoms with E-state index in [2.05, 4.69) is 5.32 Å². The third kappa shape index (κ3) is 3.15. The van der Waals surface area contributed by atoms with Gasteiger partial charge in [0.25, 0.3) is 0 Å². The molecule has 3 nitrogen and oxygen atoms in total. The molecule has 2 unspecified atom stereocenters. The Bertz CT molecular complexity index is 584. The lowest BCUT2D eigenvalue weighted by Crippen LogP contribution is -2.28. The molecule has 20 heavy (non-hydrogen) atoms. The first-order chi connectivity index (χ1) is 9.22. The molecule has 1 fully saturated rings. The van der Waals surface area contributed by atoms with E-state index in [9.17, 15) is 21.6 Å². The molecule has 1 saturated heterocycles. The number of nitrogens with one attached hydrogen (secondary N) is 1. The van der Waals surface area contributed by atoms with Gasteiger partial charge in [0.1, 0.15) is 0 Å². The molecule has 2 rings (SSSR count). The summed E-state index contributed by atoms with van der Waals surface area (Å²) in [7, 11) is -3.39. The quantitative estimate of drug-likeness (QED) is 0.867. The Balaban J connectivity index is 2.42. The van der Waals surface area contributed by atoms with Gasteiger partial charge in [0.2, 0.25) is 0 Å². The van der Waals surface area contributed by atoms with Crippen molar-refractivity contribution in [2.75, 3.05) is 12.3 Å². The molecule has 112 valence electrons. The second-order valence-electron chi connectivity index (χ2n) is 5.02. The lowest BCUT2D eigenvalue weighted by atomic mass is 10.0. The van der Waals surface area contributed by atoms with Gasteiger partial charge >= 0.3 is 6.18 Å². The fraction of sp³-hybridized carbons (Fsp3) is 0.538. The number of halogens is 3. The van der Waals surface area contributed by atoms with Crippen LogP contribution in [0.5, 0.6) is 0 Å². The number of alkyl halides is 3. The predicted molar refractivity (Wildman–Crippen MR) is 70.1 cm³/mol. The lowest BCUT2D eigenvalue weighted by molar-refractivity contribution is -0.138. The summed E-state index contributed by atoms with van der Waals surface area (Å²) in [6.07, 6.45) is -4.08. The minimum absolute atomic E-state index is 0.00215. The smallest absolute Gasteiger partial charge is 0.309 e. The first-order valence-corrected chi connectivity index (χ1v) is 8.04. The standard InChI is InChI=1S/C13H16F3NO2S/c1-9-6-7-17-12(8-20(9,18)19)10-4-2-3-5-11(10)13(14,15)16/h2-5,9,12,17H,6-8H2,1H3. The average Bonchev–Trinajstić information content (AvgIpc) is 2.48. The highest BCUT2D eigenvalue weighted by Gasteiger charge is 2.37. The summed E-state index contributed by atoms with van der Waals surface area (Å²) >= 11 is 0. The van der Waals surface area contributed by atoms with Gasteiger partial charge in [0, 0.05) is 6.04 Å². The van der Waals surface area contributed by atoms with Crippen LogP contribution in [0.25, 0.3) is 0 Å².